The van der Waals surface area contributed by atoms with E-state index in [-0.39, 0.29) is 11.8 Å². The zero-order chi connectivity index (χ0) is 20.5. The Bertz CT molecular complexity index is 1220. The SMILES string of the molecule is Cc1cc(-c2cncnc2)cc([C@H]2CCN(C(=O)c3cccc4cccnc34)C2)n1. The fourth-order valence-electron chi connectivity index (χ4n) is 4.15. The predicted molar refractivity (Wildman–Crippen MR) is 115 cm³/mol. The van der Waals surface area contributed by atoms with Gasteiger partial charge in [-0.05, 0) is 43.2 Å². The van der Waals surface area contributed by atoms with Gasteiger partial charge in [0.15, 0.2) is 0 Å². The molecule has 0 spiro atoms. The van der Waals surface area contributed by atoms with Gasteiger partial charge in [0.25, 0.3) is 5.91 Å². The number of amides is 1. The molecular weight excluding hydrogens is 374 g/mol. The highest BCUT2D eigenvalue weighted by Crippen LogP contribution is 2.31. The lowest BCUT2D eigenvalue weighted by Gasteiger charge is -2.18. The normalized spacial score (nSPS) is 16.2. The molecule has 1 amide bonds. The lowest BCUT2D eigenvalue weighted by molar-refractivity contribution is 0.0792. The van der Waals surface area contributed by atoms with Gasteiger partial charge in [-0.1, -0.05) is 18.2 Å². The Morgan fingerprint density at radius 2 is 1.90 bits per heavy atom. The number of carbonyl (C=O) groups is 1. The zero-order valence-corrected chi connectivity index (χ0v) is 16.7. The Hall–Kier alpha value is -3.67. The monoisotopic (exact) mass is 395 g/mol. The van der Waals surface area contributed by atoms with Crippen LogP contribution in [0.3, 0.4) is 0 Å². The first-order valence-electron chi connectivity index (χ1n) is 10.1. The van der Waals surface area contributed by atoms with Gasteiger partial charge in [-0.3, -0.25) is 14.8 Å². The third-order valence-electron chi connectivity index (χ3n) is 5.62. The summed E-state index contributed by atoms with van der Waals surface area (Å²) < 4.78 is 0. The van der Waals surface area contributed by atoms with E-state index in [0.717, 1.165) is 39.8 Å². The van der Waals surface area contributed by atoms with E-state index in [9.17, 15) is 4.79 Å². The van der Waals surface area contributed by atoms with Crippen molar-refractivity contribution in [3.8, 4) is 11.1 Å². The van der Waals surface area contributed by atoms with E-state index in [0.29, 0.717) is 18.7 Å². The first-order chi connectivity index (χ1) is 14.7. The fourth-order valence-corrected chi connectivity index (χ4v) is 4.15. The molecule has 6 nitrogen and oxygen atoms in total. The van der Waals surface area contributed by atoms with Crippen molar-refractivity contribution in [3.05, 3.63) is 84.3 Å². The Morgan fingerprint density at radius 1 is 1.07 bits per heavy atom. The van der Waals surface area contributed by atoms with Crippen molar-refractivity contribution in [1.29, 1.82) is 0 Å². The molecule has 3 aromatic heterocycles. The van der Waals surface area contributed by atoms with Crippen LogP contribution in [0.4, 0.5) is 0 Å². The van der Waals surface area contributed by atoms with E-state index in [1.807, 2.05) is 60.6 Å². The second-order valence-electron chi connectivity index (χ2n) is 7.67. The molecule has 0 N–H and O–H groups in total. The minimum absolute atomic E-state index is 0.0335. The lowest BCUT2D eigenvalue weighted by Crippen LogP contribution is -2.28. The number of carbonyl (C=O) groups excluding carboxylic acids is 1. The second kappa shape index (κ2) is 7.63. The standard InChI is InChI=1S/C24H21N5O/c1-16-10-19(20-12-25-15-26-13-20)11-22(28-16)18-7-9-29(14-18)24(30)21-6-2-4-17-5-3-8-27-23(17)21/h2-6,8,10-13,15,18H,7,9,14H2,1H3/t18-/m0/s1. The average molecular weight is 395 g/mol. The Balaban J connectivity index is 1.41. The van der Waals surface area contributed by atoms with Crippen molar-refractivity contribution in [3.63, 3.8) is 0 Å². The molecule has 1 aliphatic heterocycles. The Kier molecular flexibility index (Phi) is 4.67. The van der Waals surface area contributed by atoms with Gasteiger partial charge in [0.1, 0.15) is 6.33 Å². The van der Waals surface area contributed by atoms with Gasteiger partial charge in [-0.25, -0.2) is 9.97 Å². The van der Waals surface area contributed by atoms with Crippen LogP contribution in [0.1, 0.15) is 34.1 Å². The van der Waals surface area contributed by atoms with Crippen molar-refractivity contribution in [2.24, 2.45) is 0 Å². The largest absolute Gasteiger partial charge is 0.338 e. The summed E-state index contributed by atoms with van der Waals surface area (Å²) >= 11 is 0. The van der Waals surface area contributed by atoms with Gasteiger partial charge in [0, 0.05) is 59.9 Å². The van der Waals surface area contributed by atoms with Crippen molar-refractivity contribution < 1.29 is 4.79 Å². The van der Waals surface area contributed by atoms with Gasteiger partial charge < -0.3 is 4.90 Å². The highest BCUT2D eigenvalue weighted by atomic mass is 16.2. The molecule has 1 aliphatic rings. The maximum Gasteiger partial charge on any atom is 0.256 e. The maximum atomic E-state index is 13.2. The number of hydrogen-bond acceptors (Lipinski definition) is 5. The molecule has 0 aliphatic carbocycles. The van der Waals surface area contributed by atoms with Gasteiger partial charge in [0.05, 0.1) is 11.1 Å². The smallest absolute Gasteiger partial charge is 0.256 e. The molecule has 6 heteroatoms. The van der Waals surface area contributed by atoms with Crippen LogP contribution in [0, 0.1) is 6.92 Å². The molecule has 1 atom stereocenters. The number of rotatable bonds is 3. The molecule has 0 bridgehead atoms. The number of para-hydroxylation sites is 1. The summed E-state index contributed by atoms with van der Waals surface area (Å²) in [6, 6.07) is 13.8. The van der Waals surface area contributed by atoms with Gasteiger partial charge >= 0.3 is 0 Å². The minimum atomic E-state index is 0.0335. The number of likely N-dealkylation sites (tertiary alicyclic amines) is 1. The Morgan fingerprint density at radius 3 is 2.77 bits per heavy atom. The second-order valence-corrected chi connectivity index (χ2v) is 7.67. The molecule has 30 heavy (non-hydrogen) atoms. The zero-order valence-electron chi connectivity index (χ0n) is 16.7. The number of nitrogens with zero attached hydrogens (tertiary/aromatic N) is 5. The summed E-state index contributed by atoms with van der Waals surface area (Å²) in [6.45, 7) is 3.37. The van der Waals surface area contributed by atoms with Gasteiger partial charge in [-0.15, -0.1) is 0 Å². The topological polar surface area (TPSA) is 71.9 Å². The summed E-state index contributed by atoms with van der Waals surface area (Å²) in [5, 5.41) is 0.981. The molecule has 1 fully saturated rings. The van der Waals surface area contributed by atoms with E-state index in [2.05, 4.69) is 21.0 Å². The van der Waals surface area contributed by atoms with Crippen LogP contribution in [0.25, 0.3) is 22.0 Å². The molecule has 1 saturated heterocycles. The minimum Gasteiger partial charge on any atom is -0.338 e. The van der Waals surface area contributed by atoms with Crippen molar-refractivity contribution in [1.82, 2.24) is 24.8 Å². The summed E-state index contributed by atoms with van der Waals surface area (Å²) in [7, 11) is 0. The Labute approximate surface area is 174 Å². The third-order valence-corrected chi connectivity index (χ3v) is 5.62. The number of benzene rings is 1. The first kappa shape index (κ1) is 18.4. The highest BCUT2D eigenvalue weighted by Gasteiger charge is 2.30. The van der Waals surface area contributed by atoms with Crippen LogP contribution < -0.4 is 0 Å². The van der Waals surface area contributed by atoms with Crippen LogP contribution >= 0.6 is 0 Å². The molecule has 0 radical (unpaired) electrons. The van der Waals surface area contributed by atoms with Crippen LogP contribution in [-0.4, -0.2) is 43.8 Å². The van der Waals surface area contributed by atoms with Crippen LogP contribution in [-0.2, 0) is 0 Å². The van der Waals surface area contributed by atoms with E-state index in [1.54, 1.807) is 6.20 Å². The van der Waals surface area contributed by atoms with Gasteiger partial charge in [-0.2, -0.15) is 0 Å². The third kappa shape index (κ3) is 3.41. The van der Waals surface area contributed by atoms with E-state index >= 15 is 0 Å². The number of aromatic nitrogens is 4. The van der Waals surface area contributed by atoms with E-state index < -0.39 is 0 Å². The molecular formula is C24H21N5O. The van der Waals surface area contributed by atoms with Crippen molar-refractivity contribution in [2.75, 3.05) is 13.1 Å². The molecule has 4 aromatic rings. The molecule has 4 heterocycles. The predicted octanol–water partition coefficient (Wildman–Crippen LogP) is 4.02. The van der Waals surface area contributed by atoms with Crippen molar-refractivity contribution >= 4 is 16.8 Å². The lowest BCUT2D eigenvalue weighted by atomic mass is 10.00. The maximum absolute atomic E-state index is 13.2. The average Bonchev–Trinajstić information content (AvgIpc) is 3.29. The van der Waals surface area contributed by atoms with Crippen LogP contribution in [0.5, 0.6) is 0 Å². The number of aryl methyl sites for hydroxylation is 1. The molecule has 0 saturated carbocycles. The van der Waals surface area contributed by atoms with Crippen molar-refractivity contribution in [2.45, 2.75) is 19.3 Å². The summed E-state index contributed by atoms with van der Waals surface area (Å²) in [4.78, 5) is 32.6. The molecule has 0 unspecified atom stereocenters. The summed E-state index contributed by atoms with van der Waals surface area (Å²) in [5.74, 6) is 0.242. The summed E-state index contributed by atoms with van der Waals surface area (Å²) in [5.41, 5.74) is 5.41. The number of pyridine rings is 2. The molecule has 5 rings (SSSR count). The highest BCUT2D eigenvalue weighted by molar-refractivity contribution is 6.05. The first-order valence-corrected chi connectivity index (χ1v) is 10.1. The number of fused-ring (bicyclic) bond motifs is 1. The molecule has 148 valence electrons. The number of hydrogen-bond donors (Lipinski definition) is 0. The summed E-state index contributed by atoms with van der Waals surface area (Å²) in [6.07, 6.45) is 7.77. The van der Waals surface area contributed by atoms with E-state index in [4.69, 9.17) is 4.98 Å². The van der Waals surface area contributed by atoms with E-state index in [1.165, 1.54) is 6.33 Å². The fraction of sp³-hybridized carbons (Fsp3) is 0.208. The van der Waals surface area contributed by atoms with Crippen LogP contribution in [0.15, 0.2) is 67.4 Å². The quantitative estimate of drug-likeness (QED) is 0.524. The van der Waals surface area contributed by atoms with Gasteiger partial charge in [0.2, 0.25) is 0 Å². The van der Waals surface area contributed by atoms with Crippen LogP contribution in [0.2, 0.25) is 0 Å². The molecule has 1 aromatic carbocycles.